The first kappa shape index (κ1) is 28.7. The molecule has 0 N–H and O–H groups in total. The molecule has 1 heterocycles. The number of nitrogens with zero attached hydrogens (tertiary/aromatic N) is 1. The molecule has 238 valence electrons. The standard InChI is InChI=1S/C49H31NS/c1-3-14-32(15-4-1)34-26-28-43-46(30-34)51-47-31-35(33-16-5-2-6-17-33)27-29-44(47)50(43)45-25-13-24-42-48(45)38-20-9-12-23-41(38)49(42)39-21-10-7-18-36(39)37-19-8-11-22-40(37)49/h1-31H. The van der Waals surface area contributed by atoms with Crippen molar-refractivity contribution in [3.63, 3.8) is 0 Å². The highest BCUT2D eigenvalue weighted by Crippen LogP contribution is 2.65. The molecule has 3 aliphatic rings. The SMILES string of the molecule is c1ccc(-c2ccc3c(c2)Sc2cc(-c4ccccc4)ccc2N3c2cccc3c2-c2ccccc2C32c3ccccc3-c3ccccc32)cc1. The summed E-state index contributed by atoms with van der Waals surface area (Å²) in [6.07, 6.45) is 0. The van der Waals surface area contributed by atoms with Gasteiger partial charge in [-0.3, -0.25) is 0 Å². The summed E-state index contributed by atoms with van der Waals surface area (Å²) < 4.78 is 0. The van der Waals surface area contributed by atoms with Gasteiger partial charge in [-0.1, -0.05) is 169 Å². The van der Waals surface area contributed by atoms with Crippen molar-refractivity contribution in [2.45, 2.75) is 15.2 Å². The van der Waals surface area contributed by atoms with Crippen LogP contribution in [-0.2, 0) is 5.41 Å². The molecule has 0 atom stereocenters. The van der Waals surface area contributed by atoms with Crippen molar-refractivity contribution in [2.75, 3.05) is 4.90 Å². The first-order valence-corrected chi connectivity index (χ1v) is 18.4. The van der Waals surface area contributed by atoms with Gasteiger partial charge in [-0.25, -0.2) is 0 Å². The lowest BCUT2D eigenvalue weighted by molar-refractivity contribution is 0.793. The number of hydrogen-bond donors (Lipinski definition) is 0. The van der Waals surface area contributed by atoms with Gasteiger partial charge < -0.3 is 4.90 Å². The summed E-state index contributed by atoms with van der Waals surface area (Å²) in [6.45, 7) is 0. The van der Waals surface area contributed by atoms with E-state index < -0.39 is 0 Å². The van der Waals surface area contributed by atoms with Gasteiger partial charge in [0.15, 0.2) is 0 Å². The van der Waals surface area contributed by atoms with Crippen LogP contribution in [0.25, 0.3) is 44.5 Å². The third-order valence-electron chi connectivity index (χ3n) is 11.1. The van der Waals surface area contributed by atoms with Gasteiger partial charge in [0.1, 0.15) is 0 Å². The number of benzene rings is 8. The van der Waals surface area contributed by atoms with E-state index in [1.165, 1.54) is 93.6 Å². The van der Waals surface area contributed by atoms with E-state index in [0.717, 1.165) is 0 Å². The Kier molecular flexibility index (Phi) is 6.17. The lowest BCUT2D eigenvalue weighted by atomic mass is 9.70. The molecular weight excluding hydrogens is 635 g/mol. The minimum Gasteiger partial charge on any atom is -0.308 e. The van der Waals surface area contributed by atoms with E-state index in [1.54, 1.807) is 0 Å². The molecule has 2 heteroatoms. The molecule has 0 aromatic heterocycles. The zero-order valence-corrected chi connectivity index (χ0v) is 28.6. The summed E-state index contributed by atoms with van der Waals surface area (Å²) in [5.41, 5.74) is 18.8. The van der Waals surface area contributed by atoms with Gasteiger partial charge in [0.25, 0.3) is 0 Å². The van der Waals surface area contributed by atoms with E-state index in [-0.39, 0.29) is 5.41 Å². The van der Waals surface area contributed by atoms with Crippen LogP contribution in [0, 0.1) is 0 Å². The maximum atomic E-state index is 2.53. The Hall–Kier alpha value is -6.09. The number of fused-ring (bicyclic) bond motifs is 12. The van der Waals surface area contributed by atoms with Gasteiger partial charge in [0, 0.05) is 15.4 Å². The zero-order valence-electron chi connectivity index (χ0n) is 27.8. The van der Waals surface area contributed by atoms with Gasteiger partial charge >= 0.3 is 0 Å². The Morgan fingerprint density at radius 1 is 0.333 bits per heavy atom. The van der Waals surface area contributed by atoms with Crippen LogP contribution in [-0.4, -0.2) is 0 Å². The summed E-state index contributed by atoms with van der Waals surface area (Å²) in [6, 6.07) is 69.7. The van der Waals surface area contributed by atoms with Crippen molar-refractivity contribution >= 4 is 28.8 Å². The molecule has 0 amide bonds. The Morgan fingerprint density at radius 3 is 1.33 bits per heavy atom. The van der Waals surface area contributed by atoms with E-state index in [4.69, 9.17) is 0 Å². The lowest BCUT2D eigenvalue weighted by Crippen LogP contribution is -2.26. The van der Waals surface area contributed by atoms with Gasteiger partial charge in [-0.05, 0) is 91.5 Å². The van der Waals surface area contributed by atoms with Gasteiger partial charge in [0.05, 0.1) is 22.5 Å². The first-order valence-electron chi connectivity index (χ1n) is 17.6. The Bertz CT molecular complexity index is 2540. The van der Waals surface area contributed by atoms with Crippen molar-refractivity contribution in [3.8, 4) is 44.5 Å². The van der Waals surface area contributed by atoms with E-state index >= 15 is 0 Å². The molecule has 8 aromatic rings. The molecule has 0 unspecified atom stereocenters. The van der Waals surface area contributed by atoms with E-state index in [9.17, 15) is 0 Å². The molecule has 11 rings (SSSR count). The molecule has 2 aliphatic carbocycles. The smallest absolute Gasteiger partial charge is 0.0726 e. The molecular formula is C49H31NS. The normalized spacial score (nSPS) is 13.9. The average Bonchev–Trinajstić information content (AvgIpc) is 3.68. The molecule has 0 radical (unpaired) electrons. The summed E-state index contributed by atoms with van der Waals surface area (Å²) in [5.74, 6) is 0. The van der Waals surface area contributed by atoms with Gasteiger partial charge in [-0.2, -0.15) is 0 Å². The first-order chi connectivity index (χ1) is 25.3. The molecule has 1 aliphatic heterocycles. The average molecular weight is 666 g/mol. The van der Waals surface area contributed by atoms with Crippen molar-refractivity contribution in [1.29, 1.82) is 0 Å². The zero-order chi connectivity index (χ0) is 33.5. The number of hydrogen-bond acceptors (Lipinski definition) is 2. The number of rotatable bonds is 3. The maximum Gasteiger partial charge on any atom is 0.0726 e. The largest absolute Gasteiger partial charge is 0.308 e. The van der Waals surface area contributed by atoms with Gasteiger partial charge in [0.2, 0.25) is 0 Å². The van der Waals surface area contributed by atoms with Crippen LogP contribution >= 0.6 is 11.8 Å². The Morgan fingerprint density at radius 2 is 0.784 bits per heavy atom. The lowest BCUT2D eigenvalue weighted by Gasteiger charge is -2.35. The second-order valence-corrected chi connectivity index (χ2v) is 14.7. The van der Waals surface area contributed by atoms with Gasteiger partial charge in [-0.15, -0.1) is 0 Å². The predicted molar refractivity (Wildman–Crippen MR) is 212 cm³/mol. The highest BCUT2D eigenvalue weighted by atomic mass is 32.2. The fourth-order valence-electron chi connectivity index (χ4n) is 9.00. The highest BCUT2D eigenvalue weighted by molar-refractivity contribution is 7.99. The van der Waals surface area contributed by atoms with Crippen LogP contribution in [0.3, 0.4) is 0 Å². The quantitative estimate of drug-likeness (QED) is 0.185. The Balaban J connectivity index is 1.19. The van der Waals surface area contributed by atoms with Crippen LogP contribution < -0.4 is 4.90 Å². The van der Waals surface area contributed by atoms with Crippen molar-refractivity contribution in [1.82, 2.24) is 0 Å². The minimum absolute atomic E-state index is 0.389. The van der Waals surface area contributed by atoms with Crippen molar-refractivity contribution in [3.05, 3.63) is 210 Å². The fraction of sp³-hybridized carbons (Fsp3) is 0.0204. The molecule has 0 fully saturated rings. The molecule has 0 bridgehead atoms. The molecule has 1 spiro atoms. The predicted octanol–water partition coefficient (Wildman–Crippen LogP) is 13.3. The minimum atomic E-state index is -0.389. The Labute approximate surface area is 302 Å². The highest BCUT2D eigenvalue weighted by Gasteiger charge is 2.52. The summed E-state index contributed by atoms with van der Waals surface area (Å²) in [7, 11) is 0. The van der Waals surface area contributed by atoms with E-state index in [1.807, 2.05) is 11.8 Å². The van der Waals surface area contributed by atoms with Crippen molar-refractivity contribution < 1.29 is 0 Å². The molecule has 51 heavy (non-hydrogen) atoms. The van der Waals surface area contributed by atoms with Crippen LogP contribution in [0.15, 0.2) is 198 Å². The summed E-state index contributed by atoms with van der Waals surface area (Å²) >= 11 is 1.88. The monoisotopic (exact) mass is 665 g/mol. The van der Waals surface area contributed by atoms with E-state index in [0.29, 0.717) is 0 Å². The third kappa shape index (κ3) is 4.00. The van der Waals surface area contributed by atoms with Crippen LogP contribution in [0.2, 0.25) is 0 Å². The second kappa shape index (κ2) is 11.0. The molecule has 0 saturated carbocycles. The molecule has 0 saturated heterocycles. The van der Waals surface area contributed by atoms with E-state index in [2.05, 4.69) is 193 Å². The van der Waals surface area contributed by atoms with Crippen LogP contribution in [0.1, 0.15) is 22.3 Å². The van der Waals surface area contributed by atoms with Crippen LogP contribution in [0.4, 0.5) is 17.1 Å². The second-order valence-electron chi connectivity index (χ2n) is 13.6. The van der Waals surface area contributed by atoms with Crippen LogP contribution in [0.5, 0.6) is 0 Å². The number of anilines is 3. The molecule has 1 nitrogen and oxygen atoms in total. The summed E-state index contributed by atoms with van der Waals surface area (Å²) in [5, 5.41) is 0. The van der Waals surface area contributed by atoms with Crippen molar-refractivity contribution in [2.24, 2.45) is 0 Å². The molecule has 8 aromatic carbocycles. The summed E-state index contributed by atoms with van der Waals surface area (Å²) in [4.78, 5) is 5.04. The maximum absolute atomic E-state index is 2.53. The fourth-order valence-corrected chi connectivity index (χ4v) is 10.1. The third-order valence-corrected chi connectivity index (χ3v) is 12.2. The topological polar surface area (TPSA) is 3.24 Å².